The van der Waals surface area contributed by atoms with Gasteiger partial charge in [-0.3, -0.25) is 0 Å². The van der Waals surface area contributed by atoms with Gasteiger partial charge in [-0.15, -0.1) is 0 Å². The molecule has 0 aromatic heterocycles. The smallest absolute Gasteiger partial charge is 0.168 e. The zero-order valence-electron chi connectivity index (χ0n) is 8.25. The Hall–Kier alpha value is -0.410. The van der Waals surface area contributed by atoms with Crippen LogP contribution in [0.15, 0.2) is 0 Å². The highest BCUT2D eigenvalue weighted by molar-refractivity contribution is 5.48. The standard InChI is InChI=1S/C10H18O3/c1-2-5-10(6-3-4-7-11)12-8-9-13-10/h7H,2-6,8-9H2,1H3. The fourth-order valence-electron chi connectivity index (χ4n) is 1.75. The first kappa shape index (κ1) is 10.7. The van der Waals surface area contributed by atoms with Gasteiger partial charge < -0.3 is 14.3 Å². The Morgan fingerprint density at radius 3 is 2.54 bits per heavy atom. The van der Waals surface area contributed by atoms with E-state index in [4.69, 9.17) is 9.47 Å². The van der Waals surface area contributed by atoms with Gasteiger partial charge in [0.15, 0.2) is 5.79 Å². The van der Waals surface area contributed by atoms with Crippen molar-refractivity contribution < 1.29 is 14.3 Å². The number of unbranched alkanes of at least 4 members (excludes halogenated alkanes) is 1. The second-order valence-corrected chi connectivity index (χ2v) is 3.42. The third-order valence-corrected chi connectivity index (χ3v) is 2.32. The molecule has 0 radical (unpaired) electrons. The van der Waals surface area contributed by atoms with Crippen molar-refractivity contribution >= 4 is 6.29 Å². The van der Waals surface area contributed by atoms with Crippen LogP contribution >= 0.6 is 0 Å². The van der Waals surface area contributed by atoms with Crippen molar-refractivity contribution in [1.29, 1.82) is 0 Å². The molecule has 13 heavy (non-hydrogen) atoms. The third kappa shape index (κ3) is 3.08. The highest BCUT2D eigenvalue weighted by Crippen LogP contribution is 2.30. The maximum absolute atomic E-state index is 10.2. The second-order valence-electron chi connectivity index (χ2n) is 3.42. The van der Waals surface area contributed by atoms with E-state index in [2.05, 4.69) is 6.92 Å². The third-order valence-electron chi connectivity index (χ3n) is 2.32. The van der Waals surface area contributed by atoms with Crippen molar-refractivity contribution in [3.8, 4) is 0 Å². The van der Waals surface area contributed by atoms with E-state index in [9.17, 15) is 4.79 Å². The van der Waals surface area contributed by atoms with Gasteiger partial charge in [0, 0.05) is 19.3 Å². The van der Waals surface area contributed by atoms with Crippen LogP contribution in [0.3, 0.4) is 0 Å². The number of carbonyl (C=O) groups excluding carboxylic acids is 1. The summed E-state index contributed by atoms with van der Waals surface area (Å²) in [6.07, 6.45) is 5.27. The highest BCUT2D eigenvalue weighted by Gasteiger charge is 2.34. The van der Waals surface area contributed by atoms with Gasteiger partial charge >= 0.3 is 0 Å². The normalized spacial score (nSPS) is 20.4. The first-order valence-corrected chi connectivity index (χ1v) is 5.04. The van der Waals surface area contributed by atoms with E-state index >= 15 is 0 Å². The van der Waals surface area contributed by atoms with Gasteiger partial charge in [0.05, 0.1) is 13.2 Å². The van der Waals surface area contributed by atoms with Gasteiger partial charge in [-0.2, -0.15) is 0 Å². The van der Waals surface area contributed by atoms with E-state index in [1.807, 2.05) is 0 Å². The molecule has 1 aliphatic rings. The molecule has 0 amide bonds. The zero-order chi connectivity index (χ0) is 9.57. The number of rotatable bonds is 6. The molecule has 3 nitrogen and oxygen atoms in total. The summed E-state index contributed by atoms with van der Waals surface area (Å²) >= 11 is 0. The minimum absolute atomic E-state index is 0.363. The van der Waals surface area contributed by atoms with Crippen molar-refractivity contribution in [2.75, 3.05) is 13.2 Å². The largest absolute Gasteiger partial charge is 0.348 e. The lowest BCUT2D eigenvalue weighted by molar-refractivity contribution is -0.167. The summed E-state index contributed by atoms with van der Waals surface area (Å²) in [7, 11) is 0. The van der Waals surface area contributed by atoms with E-state index in [0.29, 0.717) is 19.6 Å². The van der Waals surface area contributed by atoms with Gasteiger partial charge in [0.1, 0.15) is 6.29 Å². The zero-order valence-corrected chi connectivity index (χ0v) is 8.25. The average Bonchev–Trinajstić information content (AvgIpc) is 2.55. The fourth-order valence-corrected chi connectivity index (χ4v) is 1.75. The topological polar surface area (TPSA) is 35.5 Å². The molecule has 0 aromatic rings. The number of hydrogen-bond donors (Lipinski definition) is 0. The molecule has 0 saturated carbocycles. The Bertz CT molecular complexity index is 150. The molecule has 0 N–H and O–H groups in total. The molecular formula is C10H18O3. The lowest BCUT2D eigenvalue weighted by Gasteiger charge is -2.26. The van der Waals surface area contributed by atoms with Crippen molar-refractivity contribution in [3.05, 3.63) is 0 Å². The summed E-state index contributed by atoms with van der Waals surface area (Å²) < 4.78 is 11.2. The predicted octanol–water partition coefficient (Wildman–Crippen LogP) is 1.90. The minimum Gasteiger partial charge on any atom is -0.348 e. The maximum atomic E-state index is 10.2. The van der Waals surface area contributed by atoms with Crippen LogP contribution in [0, 0.1) is 0 Å². The van der Waals surface area contributed by atoms with Gasteiger partial charge in [-0.05, 0) is 6.42 Å². The Kier molecular flexibility index (Phi) is 4.39. The monoisotopic (exact) mass is 186 g/mol. The van der Waals surface area contributed by atoms with Gasteiger partial charge in [0.2, 0.25) is 0 Å². The summed E-state index contributed by atoms with van der Waals surface area (Å²) in [6, 6.07) is 0. The molecule has 0 bridgehead atoms. The molecule has 0 atom stereocenters. The van der Waals surface area contributed by atoms with E-state index in [0.717, 1.165) is 32.0 Å². The summed E-state index contributed by atoms with van der Waals surface area (Å²) in [5.41, 5.74) is 0. The maximum Gasteiger partial charge on any atom is 0.168 e. The van der Waals surface area contributed by atoms with Crippen LogP contribution in [-0.4, -0.2) is 25.3 Å². The molecule has 0 aliphatic carbocycles. The first-order chi connectivity index (χ1) is 6.33. The Balaban J connectivity index is 2.32. The van der Waals surface area contributed by atoms with E-state index in [1.165, 1.54) is 0 Å². The van der Waals surface area contributed by atoms with Gasteiger partial charge in [0.25, 0.3) is 0 Å². The molecule has 1 saturated heterocycles. The molecule has 3 heteroatoms. The lowest BCUT2D eigenvalue weighted by Crippen LogP contribution is -2.29. The van der Waals surface area contributed by atoms with Crippen molar-refractivity contribution in [2.45, 2.75) is 44.8 Å². The number of ether oxygens (including phenoxy) is 2. The Morgan fingerprint density at radius 1 is 1.31 bits per heavy atom. The summed E-state index contributed by atoms with van der Waals surface area (Å²) in [5, 5.41) is 0. The quantitative estimate of drug-likeness (QED) is 0.469. The van der Waals surface area contributed by atoms with Crippen molar-refractivity contribution in [2.24, 2.45) is 0 Å². The first-order valence-electron chi connectivity index (χ1n) is 5.04. The summed E-state index contributed by atoms with van der Waals surface area (Å²) in [4.78, 5) is 10.2. The molecule has 0 spiro atoms. The molecule has 1 aliphatic heterocycles. The Morgan fingerprint density at radius 2 is 2.00 bits per heavy atom. The molecule has 1 fully saturated rings. The molecular weight excluding hydrogens is 168 g/mol. The molecule has 1 rings (SSSR count). The summed E-state index contributed by atoms with van der Waals surface area (Å²) in [6.45, 7) is 3.51. The average molecular weight is 186 g/mol. The molecule has 0 unspecified atom stereocenters. The lowest BCUT2D eigenvalue weighted by atomic mass is 10.0. The number of aldehydes is 1. The van der Waals surface area contributed by atoms with Gasteiger partial charge in [-0.1, -0.05) is 13.3 Å². The highest BCUT2D eigenvalue weighted by atomic mass is 16.7. The summed E-state index contributed by atoms with van der Waals surface area (Å²) in [5.74, 6) is -0.363. The molecule has 0 aromatic carbocycles. The fraction of sp³-hybridized carbons (Fsp3) is 0.900. The van der Waals surface area contributed by atoms with Crippen LogP contribution in [0.5, 0.6) is 0 Å². The SMILES string of the molecule is CCCC1(CCCC=O)OCCO1. The van der Waals surface area contributed by atoms with Crippen LogP contribution in [0.2, 0.25) is 0 Å². The van der Waals surface area contributed by atoms with Crippen LogP contribution in [0.25, 0.3) is 0 Å². The van der Waals surface area contributed by atoms with Crippen LogP contribution in [0.4, 0.5) is 0 Å². The van der Waals surface area contributed by atoms with E-state index in [-0.39, 0.29) is 5.79 Å². The van der Waals surface area contributed by atoms with Crippen molar-refractivity contribution in [1.82, 2.24) is 0 Å². The van der Waals surface area contributed by atoms with Gasteiger partial charge in [-0.25, -0.2) is 0 Å². The van der Waals surface area contributed by atoms with E-state index in [1.54, 1.807) is 0 Å². The van der Waals surface area contributed by atoms with Crippen LogP contribution in [-0.2, 0) is 14.3 Å². The minimum atomic E-state index is -0.363. The molecule has 1 heterocycles. The second kappa shape index (κ2) is 5.35. The van der Waals surface area contributed by atoms with E-state index < -0.39 is 0 Å². The van der Waals surface area contributed by atoms with Crippen molar-refractivity contribution in [3.63, 3.8) is 0 Å². The predicted molar refractivity (Wildman–Crippen MR) is 49.5 cm³/mol. The molecule has 76 valence electrons. The van der Waals surface area contributed by atoms with Crippen LogP contribution in [0.1, 0.15) is 39.0 Å². The number of hydrogen-bond acceptors (Lipinski definition) is 3. The Labute approximate surface area is 79.4 Å². The number of carbonyl (C=O) groups is 1. The van der Waals surface area contributed by atoms with Crippen LogP contribution < -0.4 is 0 Å².